The fraction of sp³-hybridized carbons (Fsp3) is 0.588. The van der Waals surface area contributed by atoms with Crippen molar-refractivity contribution in [1.29, 1.82) is 0 Å². The molecule has 2 rings (SSSR count). The fourth-order valence-electron chi connectivity index (χ4n) is 2.77. The molecule has 1 aromatic rings. The molecule has 1 amide bonds. The number of likely N-dealkylation sites (tertiary alicyclic amines) is 1. The number of nitrogens with one attached hydrogen (secondary N) is 2. The van der Waals surface area contributed by atoms with Crippen molar-refractivity contribution in [1.82, 2.24) is 14.9 Å². The fourth-order valence-corrected chi connectivity index (χ4v) is 4.10. The molecule has 0 bridgehead atoms. The highest BCUT2D eigenvalue weighted by Gasteiger charge is 2.24. The molecule has 2 atom stereocenters. The lowest BCUT2D eigenvalue weighted by Gasteiger charge is -2.32. The summed E-state index contributed by atoms with van der Waals surface area (Å²) in [7, 11) is -1.63. The summed E-state index contributed by atoms with van der Waals surface area (Å²) in [6.07, 6.45) is 2.76. The van der Waals surface area contributed by atoms with E-state index in [1.807, 2.05) is 25.8 Å². The molecule has 1 aromatic carbocycles. The molecule has 0 aliphatic carbocycles. The summed E-state index contributed by atoms with van der Waals surface area (Å²) in [4.78, 5) is 14.6. The normalized spacial score (nSPS) is 20.0. The molecule has 0 aromatic heterocycles. The summed E-state index contributed by atoms with van der Waals surface area (Å²) >= 11 is 0. The topological polar surface area (TPSA) is 78.5 Å². The number of hydrogen-bond acceptors (Lipinski definition) is 4. The Balaban J connectivity index is 2.10. The Morgan fingerprint density at radius 1 is 1.33 bits per heavy atom. The number of carbonyl (C=O) groups excluding carboxylic acids is 1. The third kappa shape index (κ3) is 4.55. The van der Waals surface area contributed by atoms with Crippen LogP contribution in [0.15, 0.2) is 29.2 Å². The molecule has 1 fully saturated rings. The average Bonchev–Trinajstić information content (AvgIpc) is 2.60. The van der Waals surface area contributed by atoms with Gasteiger partial charge in [0.1, 0.15) is 0 Å². The molecule has 1 aliphatic rings. The summed E-state index contributed by atoms with van der Waals surface area (Å²) in [5.74, 6) is -0.0474. The van der Waals surface area contributed by atoms with E-state index in [1.54, 1.807) is 12.1 Å². The second-order valence-corrected chi connectivity index (χ2v) is 8.05. The van der Waals surface area contributed by atoms with Crippen LogP contribution in [-0.4, -0.2) is 51.4 Å². The second kappa shape index (κ2) is 8.09. The lowest BCUT2D eigenvalue weighted by atomic mass is 10.0. The van der Waals surface area contributed by atoms with Gasteiger partial charge in [-0.1, -0.05) is 6.92 Å². The van der Waals surface area contributed by atoms with Crippen molar-refractivity contribution < 1.29 is 13.2 Å². The van der Waals surface area contributed by atoms with Gasteiger partial charge in [-0.15, -0.1) is 0 Å². The zero-order valence-electron chi connectivity index (χ0n) is 14.6. The smallest absolute Gasteiger partial charge is 0.253 e. The highest BCUT2D eigenvalue weighted by Crippen LogP contribution is 2.16. The van der Waals surface area contributed by atoms with Gasteiger partial charge in [-0.2, -0.15) is 0 Å². The van der Waals surface area contributed by atoms with Crippen LogP contribution in [0.1, 0.15) is 43.5 Å². The Labute approximate surface area is 144 Å². The van der Waals surface area contributed by atoms with Crippen LogP contribution in [0.3, 0.4) is 0 Å². The summed E-state index contributed by atoms with van der Waals surface area (Å²) in [5, 5.41) is 3.21. The van der Waals surface area contributed by atoms with Crippen molar-refractivity contribution in [3.05, 3.63) is 29.8 Å². The summed E-state index contributed by atoms with van der Waals surface area (Å²) in [6.45, 7) is 5.17. The van der Waals surface area contributed by atoms with Gasteiger partial charge in [0.15, 0.2) is 0 Å². The van der Waals surface area contributed by atoms with Crippen molar-refractivity contribution in [2.24, 2.45) is 0 Å². The maximum Gasteiger partial charge on any atom is 0.253 e. The molecule has 24 heavy (non-hydrogen) atoms. The first kappa shape index (κ1) is 18.9. The molecule has 1 heterocycles. The van der Waals surface area contributed by atoms with Gasteiger partial charge < -0.3 is 10.2 Å². The number of piperidine rings is 1. The van der Waals surface area contributed by atoms with E-state index in [1.165, 1.54) is 12.1 Å². The second-order valence-electron chi connectivity index (χ2n) is 6.33. The van der Waals surface area contributed by atoms with Crippen molar-refractivity contribution in [3.8, 4) is 0 Å². The highest BCUT2D eigenvalue weighted by atomic mass is 32.2. The molecule has 2 unspecified atom stereocenters. The summed E-state index contributed by atoms with van der Waals surface area (Å²) in [5.41, 5.74) is 0.522. The predicted molar refractivity (Wildman–Crippen MR) is 94.5 cm³/mol. The Morgan fingerprint density at radius 3 is 2.58 bits per heavy atom. The summed E-state index contributed by atoms with van der Waals surface area (Å²) < 4.78 is 27.1. The van der Waals surface area contributed by atoms with Crippen molar-refractivity contribution >= 4 is 15.9 Å². The standard InChI is InChI=1S/C17H27N3O3S/c1-4-13(2)19-24(22,23)16-9-7-14(8-10-16)17(21)20-11-5-6-15(12-20)18-3/h7-10,13,15,18-19H,4-6,11-12H2,1-3H3. The number of rotatable bonds is 6. The Morgan fingerprint density at radius 2 is 2.00 bits per heavy atom. The van der Waals surface area contributed by atoms with E-state index in [2.05, 4.69) is 10.0 Å². The lowest BCUT2D eigenvalue weighted by molar-refractivity contribution is 0.0698. The molecule has 6 nitrogen and oxygen atoms in total. The number of benzene rings is 1. The number of amides is 1. The van der Waals surface area contributed by atoms with Gasteiger partial charge >= 0.3 is 0 Å². The minimum absolute atomic E-state index is 0.0474. The molecule has 1 aliphatic heterocycles. The third-order valence-electron chi connectivity index (χ3n) is 4.50. The first-order chi connectivity index (χ1) is 11.4. The highest BCUT2D eigenvalue weighted by molar-refractivity contribution is 7.89. The van der Waals surface area contributed by atoms with E-state index in [4.69, 9.17) is 0 Å². The van der Waals surface area contributed by atoms with E-state index in [0.717, 1.165) is 25.8 Å². The molecule has 0 spiro atoms. The van der Waals surface area contributed by atoms with Crippen LogP contribution in [0.2, 0.25) is 0 Å². The maximum atomic E-state index is 12.6. The quantitative estimate of drug-likeness (QED) is 0.814. The van der Waals surface area contributed by atoms with E-state index >= 15 is 0 Å². The molecule has 0 saturated carbocycles. The van der Waals surface area contributed by atoms with Gasteiger partial charge in [0.2, 0.25) is 10.0 Å². The molecule has 0 radical (unpaired) electrons. The van der Waals surface area contributed by atoms with Crippen molar-refractivity contribution in [3.63, 3.8) is 0 Å². The molecule has 1 saturated heterocycles. The summed E-state index contributed by atoms with van der Waals surface area (Å²) in [6, 6.07) is 6.38. The minimum Gasteiger partial charge on any atom is -0.337 e. The SMILES string of the molecule is CCC(C)NS(=O)(=O)c1ccc(C(=O)N2CCCC(NC)C2)cc1. The molecule has 134 valence electrons. The minimum atomic E-state index is -3.54. The average molecular weight is 353 g/mol. The van der Waals surface area contributed by atoms with Gasteiger partial charge in [0.25, 0.3) is 5.91 Å². The predicted octanol–water partition coefficient (Wildman–Crippen LogP) is 1.59. The number of sulfonamides is 1. The van der Waals surface area contributed by atoms with Crippen LogP contribution < -0.4 is 10.0 Å². The number of likely N-dealkylation sites (N-methyl/N-ethyl adjacent to an activating group) is 1. The number of nitrogens with zero attached hydrogens (tertiary/aromatic N) is 1. The number of carbonyl (C=O) groups is 1. The molecular formula is C17H27N3O3S. The van der Waals surface area contributed by atoms with E-state index < -0.39 is 10.0 Å². The monoisotopic (exact) mass is 353 g/mol. The Kier molecular flexibility index (Phi) is 6.37. The van der Waals surface area contributed by atoms with E-state index in [-0.39, 0.29) is 16.8 Å². The first-order valence-corrected chi connectivity index (χ1v) is 9.94. The van der Waals surface area contributed by atoms with Crippen LogP contribution in [0.25, 0.3) is 0 Å². The molecule has 2 N–H and O–H groups in total. The first-order valence-electron chi connectivity index (χ1n) is 8.46. The van der Waals surface area contributed by atoms with E-state index in [0.29, 0.717) is 18.2 Å². The Bertz CT molecular complexity index is 658. The van der Waals surface area contributed by atoms with Crippen LogP contribution >= 0.6 is 0 Å². The molecular weight excluding hydrogens is 326 g/mol. The Hall–Kier alpha value is -1.44. The zero-order valence-corrected chi connectivity index (χ0v) is 15.4. The van der Waals surface area contributed by atoms with Crippen molar-refractivity contribution in [2.45, 2.75) is 50.1 Å². The lowest BCUT2D eigenvalue weighted by Crippen LogP contribution is -2.46. The van der Waals surface area contributed by atoms with E-state index in [9.17, 15) is 13.2 Å². The van der Waals surface area contributed by atoms with Gasteiger partial charge in [0.05, 0.1) is 4.90 Å². The zero-order chi connectivity index (χ0) is 17.7. The number of hydrogen-bond donors (Lipinski definition) is 2. The van der Waals surface area contributed by atoms with Gasteiger partial charge in [-0.05, 0) is 57.5 Å². The van der Waals surface area contributed by atoms with Crippen LogP contribution in [-0.2, 0) is 10.0 Å². The van der Waals surface area contributed by atoms with Crippen LogP contribution in [0.5, 0.6) is 0 Å². The van der Waals surface area contributed by atoms with Crippen LogP contribution in [0, 0.1) is 0 Å². The third-order valence-corrected chi connectivity index (χ3v) is 6.10. The van der Waals surface area contributed by atoms with Gasteiger partial charge in [-0.25, -0.2) is 13.1 Å². The largest absolute Gasteiger partial charge is 0.337 e. The maximum absolute atomic E-state index is 12.6. The molecule has 7 heteroatoms. The van der Waals surface area contributed by atoms with Crippen molar-refractivity contribution in [2.75, 3.05) is 20.1 Å². The van der Waals surface area contributed by atoms with Crippen LogP contribution in [0.4, 0.5) is 0 Å². The van der Waals surface area contributed by atoms with Gasteiger partial charge in [-0.3, -0.25) is 4.79 Å². The van der Waals surface area contributed by atoms with Gasteiger partial charge in [0, 0.05) is 30.7 Å².